The zero-order valence-electron chi connectivity index (χ0n) is 18.9. The van der Waals surface area contributed by atoms with Crippen molar-refractivity contribution in [2.75, 3.05) is 43.4 Å². The number of hydrogen-bond donors (Lipinski definition) is 1. The lowest BCUT2D eigenvalue weighted by Crippen LogP contribution is -2.45. The van der Waals surface area contributed by atoms with Gasteiger partial charge in [0, 0.05) is 45.0 Å². The average Bonchev–Trinajstić information content (AvgIpc) is 2.73. The van der Waals surface area contributed by atoms with Crippen molar-refractivity contribution in [1.82, 2.24) is 4.90 Å². The number of likely N-dealkylation sites (tertiary alicyclic amines) is 1. The zero-order valence-corrected chi connectivity index (χ0v) is 18.9. The maximum absolute atomic E-state index is 12.2. The normalized spacial score (nSPS) is 18.7. The van der Waals surface area contributed by atoms with E-state index in [2.05, 4.69) is 10.2 Å². The molecule has 0 atom stereocenters. The molecule has 9 nitrogen and oxygen atoms in total. The Balaban J connectivity index is 1.45. The summed E-state index contributed by atoms with van der Waals surface area (Å²) in [6.45, 7) is 8.66. The Bertz CT molecular complexity index is 779. The maximum Gasteiger partial charge on any atom is 0.410 e. The Hall–Kier alpha value is -2.55. The SMILES string of the molecule is CNc1cc(N2CCC(OC3CCN(C(=O)OC(C)(C)C)CC3)CC2)ccc1[N+](=O)[O-]. The third kappa shape index (κ3) is 6.22. The number of piperidine rings is 2. The molecule has 1 amide bonds. The van der Waals surface area contributed by atoms with E-state index in [4.69, 9.17) is 9.47 Å². The van der Waals surface area contributed by atoms with E-state index in [-0.39, 0.29) is 28.9 Å². The van der Waals surface area contributed by atoms with E-state index in [9.17, 15) is 14.9 Å². The highest BCUT2D eigenvalue weighted by Crippen LogP contribution is 2.31. The molecular formula is C22H34N4O5. The smallest absolute Gasteiger partial charge is 0.410 e. The Morgan fingerprint density at radius 3 is 2.19 bits per heavy atom. The average molecular weight is 435 g/mol. The second-order valence-electron chi connectivity index (χ2n) is 9.20. The molecule has 31 heavy (non-hydrogen) atoms. The predicted octanol–water partition coefficient (Wildman–Crippen LogP) is 4.02. The Kier molecular flexibility index (Phi) is 7.25. The van der Waals surface area contributed by atoms with Crippen LogP contribution in [0.3, 0.4) is 0 Å². The first-order valence-electron chi connectivity index (χ1n) is 11.0. The lowest BCUT2D eigenvalue weighted by Gasteiger charge is -2.38. The van der Waals surface area contributed by atoms with Crippen LogP contribution in [-0.4, -0.2) is 67.0 Å². The first-order chi connectivity index (χ1) is 14.7. The minimum Gasteiger partial charge on any atom is -0.444 e. The molecule has 0 unspecified atom stereocenters. The first kappa shape index (κ1) is 23.1. The van der Waals surface area contributed by atoms with Gasteiger partial charge >= 0.3 is 6.09 Å². The molecule has 9 heteroatoms. The lowest BCUT2D eigenvalue weighted by molar-refractivity contribution is -0.383. The molecule has 0 aromatic heterocycles. The summed E-state index contributed by atoms with van der Waals surface area (Å²) < 4.78 is 11.8. The van der Waals surface area contributed by atoms with Crippen LogP contribution in [0.5, 0.6) is 0 Å². The second kappa shape index (κ2) is 9.72. The predicted molar refractivity (Wildman–Crippen MR) is 120 cm³/mol. The molecule has 1 N–H and O–H groups in total. The summed E-state index contributed by atoms with van der Waals surface area (Å²) in [6.07, 6.45) is 3.61. The fourth-order valence-corrected chi connectivity index (χ4v) is 4.10. The number of ether oxygens (including phenoxy) is 2. The molecule has 0 aliphatic carbocycles. The number of amides is 1. The van der Waals surface area contributed by atoms with Crippen molar-refractivity contribution in [3.63, 3.8) is 0 Å². The summed E-state index contributed by atoms with van der Waals surface area (Å²) >= 11 is 0. The highest BCUT2D eigenvalue weighted by atomic mass is 16.6. The number of benzene rings is 1. The molecule has 2 aliphatic heterocycles. The van der Waals surface area contributed by atoms with Gasteiger partial charge < -0.3 is 24.6 Å². The van der Waals surface area contributed by atoms with Gasteiger partial charge in [0.1, 0.15) is 11.3 Å². The van der Waals surface area contributed by atoms with Gasteiger partial charge in [-0.25, -0.2) is 4.79 Å². The van der Waals surface area contributed by atoms with Crippen molar-refractivity contribution in [1.29, 1.82) is 0 Å². The summed E-state index contributed by atoms with van der Waals surface area (Å²) in [7, 11) is 1.69. The van der Waals surface area contributed by atoms with Crippen LogP contribution in [0.15, 0.2) is 18.2 Å². The number of hydrogen-bond acceptors (Lipinski definition) is 7. The summed E-state index contributed by atoms with van der Waals surface area (Å²) in [6, 6.07) is 5.21. The molecule has 2 heterocycles. The Morgan fingerprint density at radius 1 is 1.10 bits per heavy atom. The van der Waals surface area contributed by atoms with Gasteiger partial charge in [-0.15, -0.1) is 0 Å². The van der Waals surface area contributed by atoms with E-state index in [0.717, 1.165) is 44.5 Å². The van der Waals surface area contributed by atoms with Crippen LogP contribution in [0.2, 0.25) is 0 Å². The number of carbonyl (C=O) groups excluding carboxylic acids is 1. The van der Waals surface area contributed by atoms with Gasteiger partial charge in [0.15, 0.2) is 0 Å². The van der Waals surface area contributed by atoms with E-state index in [1.807, 2.05) is 32.9 Å². The number of nitrogens with one attached hydrogen (secondary N) is 1. The quantitative estimate of drug-likeness (QED) is 0.552. The largest absolute Gasteiger partial charge is 0.444 e. The van der Waals surface area contributed by atoms with Crippen molar-refractivity contribution in [2.24, 2.45) is 0 Å². The molecular weight excluding hydrogens is 400 g/mol. The molecule has 2 saturated heterocycles. The monoisotopic (exact) mass is 434 g/mol. The van der Waals surface area contributed by atoms with Crippen LogP contribution >= 0.6 is 0 Å². The van der Waals surface area contributed by atoms with Crippen LogP contribution in [0, 0.1) is 10.1 Å². The Labute approximate surface area is 183 Å². The van der Waals surface area contributed by atoms with Gasteiger partial charge in [0.2, 0.25) is 0 Å². The minimum atomic E-state index is -0.476. The first-order valence-corrected chi connectivity index (χ1v) is 11.0. The molecule has 0 radical (unpaired) electrons. The molecule has 172 valence electrons. The molecule has 0 saturated carbocycles. The van der Waals surface area contributed by atoms with Gasteiger partial charge in [-0.3, -0.25) is 10.1 Å². The highest BCUT2D eigenvalue weighted by molar-refractivity contribution is 5.69. The summed E-state index contributed by atoms with van der Waals surface area (Å²) in [5.41, 5.74) is 1.12. The summed E-state index contributed by atoms with van der Waals surface area (Å²) in [4.78, 5) is 27.0. The van der Waals surface area contributed by atoms with E-state index in [1.54, 1.807) is 18.0 Å². The summed E-state index contributed by atoms with van der Waals surface area (Å²) in [5.74, 6) is 0. The van der Waals surface area contributed by atoms with Crippen LogP contribution in [-0.2, 0) is 9.47 Å². The minimum absolute atomic E-state index is 0.0854. The van der Waals surface area contributed by atoms with Gasteiger partial charge in [0.05, 0.1) is 17.1 Å². The van der Waals surface area contributed by atoms with Crippen LogP contribution in [0.4, 0.5) is 21.9 Å². The molecule has 2 aliphatic rings. The highest BCUT2D eigenvalue weighted by Gasteiger charge is 2.30. The third-order valence-corrected chi connectivity index (χ3v) is 5.73. The van der Waals surface area contributed by atoms with Crippen molar-refractivity contribution >= 4 is 23.2 Å². The molecule has 1 aromatic carbocycles. The van der Waals surface area contributed by atoms with Gasteiger partial charge in [-0.1, -0.05) is 0 Å². The molecule has 1 aromatic rings. The van der Waals surface area contributed by atoms with E-state index >= 15 is 0 Å². The molecule has 0 bridgehead atoms. The number of carbonyl (C=O) groups is 1. The lowest BCUT2D eigenvalue weighted by atomic mass is 10.0. The molecule has 0 spiro atoms. The molecule has 2 fully saturated rings. The fourth-order valence-electron chi connectivity index (χ4n) is 4.10. The van der Waals surface area contributed by atoms with E-state index in [1.165, 1.54) is 0 Å². The van der Waals surface area contributed by atoms with Crippen LogP contribution in [0.1, 0.15) is 46.5 Å². The third-order valence-electron chi connectivity index (χ3n) is 5.73. The molecule has 3 rings (SSSR count). The standard InChI is InChI=1S/C22H34N4O5/c1-22(2,3)31-21(27)25-13-9-18(10-14-25)30-17-7-11-24(12-8-17)16-5-6-20(26(28)29)19(15-16)23-4/h5-6,15,17-18,23H,7-14H2,1-4H3. The number of nitrogens with zero attached hydrogens (tertiary/aromatic N) is 3. The second-order valence-corrected chi connectivity index (χ2v) is 9.20. The van der Waals surface area contributed by atoms with Crippen molar-refractivity contribution in [2.45, 2.75) is 64.3 Å². The number of anilines is 2. The van der Waals surface area contributed by atoms with Crippen LogP contribution in [0.25, 0.3) is 0 Å². The van der Waals surface area contributed by atoms with E-state index < -0.39 is 5.60 Å². The van der Waals surface area contributed by atoms with Crippen molar-refractivity contribution in [3.05, 3.63) is 28.3 Å². The topological polar surface area (TPSA) is 97.2 Å². The zero-order chi connectivity index (χ0) is 22.6. The number of rotatable bonds is 5. The van der Waals surface area contributed by atoms with Crippen molar-refractivity contribution < 1.29 is 19.2 Å². The summed E-state index contributed by atoms with van der Waals surface area (Å²) in [5, 5.41) is 14.0. The van der Waals surface area contributed by atoms with Gasteiger partial charge in [-0.2, -0.15) is 0 Å². The fraction of sp³-hybridized carbons (Fsp3) is 0.682. The Morgan fingerprint density at radius 2 is 1.68 bits per heavy atom. The maximum atomic E-state index is 12.2. The number of nitro groups is 1. The van der Waals surface area contributed by atoms with Gasteiger partial charge in [0.25, 0.3) is 5.69 Å². The van der Waals surface area contributed by atoms with Crippen molar-refractivity contribution in [3.8, 4) is 0 Å². The van der Waals surface area contributed by atoms with E-state index in [0.29, 0.717) is 18.8 Å². The van der Waals surface area contributed by atoms with Gasteiger partial charge in [-0.05, 0) is 58.6 Å². The number of nitro benzene ring substituents is 1. The van der Waals surface area contributed by atoms with Crippen LogP contribution < -0.4 is 10.2 Å².